The monoisotopic (exact) mass is 320 g/mol. The molecule has 24 heavy (non-hydrogen) atoms. The van der Waals surface area contributed by atoms with Crippen molar-refractivity contribution in [3.05, 3.63) is 65.7 Å². The number of amides is 1. The first-order valence-electron chi connectivity index (χ1n) is 7.98. The van der Waals surface area contributed by atoms with Crippen LogP contribution >= 0.6 is 0 Å². The Balaban J connectivity index is 1.87. The average Bonchev–Trinajstić information content (AvgIpc) is 3.05. The van der Waals surface area contributed by atoms with Crippen molar-refractivity contribution in [1.82, 2.24) is 10.5 Å². The van der Waals surface area contributed by atoms with Crippen molar-refractivity contribution >= 4 is 5.91 Å². The van der Waals surface area contributed by atoms with E-state index < -0.39 is 0 Å². The summed E-state index contributed by atoms with van der Waals surface area (Å²) in [6, 6.07) is 17.5. The van der Waals surface area contributed by atoms with E-state index in [1.807, 2.05) is 69.3 Å². The second kappa shape index (κ2) is 6.71. The van der Waals surface area contributed by atoms with Crippen molar-refractivity contribution in [2.24, 2.45) is 0 Å². The summed E-state index contributed by atoms with van der Waals surface area (Å²) in [6.07, 6.45) is 0. The zero-order valence-electron chi connectivity index (χ0n) is 14.0. The summed E-state index contributed by atoms with van der Waals surface area (Å²) < 4.78 is 5.46. The molecular weight excluding hydrogens is 300 g/mol. The van der Waals surface area contributed by atoms with Crippen LogP contribution in [0.5, 0.6) is 0 Å². The molecule has 0 aliphatic carbocycles. The summed E-state index contributed by atoms with van der Waals surface area (Å²) in [5.74, 6) is 0.621. The fourth-order valence-electron chi connectivity index (χ4n) is 2.43. The van der Waals surface area contributed by atoms with E-state index in [1.54, 1.807) is 6.07 Å². The van der Waals surface area contributed by atoms with E-state index in [1.165, 1.54) is 5.56 Å². The first-order chi connectivity index (χ1) is 11.5. The minimum Gasteiger partial charge on any atom is -0.356 e. The Bertz CT molecular complexity index is 848. The minimum absolute atomic E-state index is 0.0888. The van der Waals surface area contributed by atoms with Gasteiger partial charge in [0.1, 0.15) is 5.69 Å². The van der Waals surface area contributed by atoms with Gasteiger partial charge in [-0.05, 0) is 32.9 Å². The van der Waals surface area contributed by atoms with E-state index >= 15 is 0 Å². The molecule has 0 saturated heterocycles. The molecule has 0 aliphatic heterocycles. The van der Waals surface area contributed by atoms with Crippen LogP contribution in [0.4, 0.5) is 0 Å². The Morgan fingerprint density at radius 1 is 1.04 bits per heavy atom. The van der Waals surface area contributed by atoms with Crippen LogP contribution in [0.3, 0.4) is 0 Å². The Labute approximate surface area is 141 Å². The molecule has 0 fully saturated rings. The Morgan fingerprint density at radius 2 is 1.79 bits per heavy atom. The van der Waals surface area contributed by atoms with Gasteiger partial charge in [-0.15, -0.1) is 0 Å². The maximum Gasteiger partial charge on any atom is 0.251 e. The van der Waals surface area contributed by atoms with Crippen molar-refractivity contribution in [1.29, 1.82) is 0 Å². The van der Waals surface area contributed by atoms with Gasteiger partial charge in [0.2, 0.25) is 0 Å². The van der Waals surface area contributed by atoms with Crippen molar-refractivity contribution < 1.29 is 9.32 Å². The molecule has 0 atom stereocenters. The smallest absolute Gasteiger partial charge is 0.251 e. The molecule has 4 nitrogen and oxygen atoms in total. The van der Waals surface area contributed by atoms with Gasteiger partial charge in [-0.1, -0.05) is 47.1 Å². The van der Waals surface area contributed by atoms with Crippen molar-refractivity contribution in [2.75, 3.05) is 0 Å². The summed E-state index contributed by atoms with van der Waals surface area (Å²) in [7, 11) is 0. The molecule has 0 spiro atoms. The predicted octanol–water partition coefficient (Wildman–Crippen LogP) is 4.46. The fourth-order valence-corrected chi connectivity index (χ4v) is 2.43. The summed E-state index contributed by atoms with van der Waals surface area (Å²) in [5, 5.41) is 7.03. The lowest BCUT2D eigenvalue weighted by Gasteiger charge is -2.08. The lowest BCUT2D eigenvalue weighted by atomic mass is 10.1. The first-order valence-corrected chi connectivity index (χ1v) is 7.98. The largest absolute Gasteiger partial charge is 0.356 e. The normalized spacial score (nSPS) is 10.8. The standard InChI is InChI=1S/C20H20N2O2/c1-13(2)21-20(23)17-6-4-5-16(11-17)18-12-19(24-22-18)15-9-7-14(3)8-10-15/h4-13H,1-3H3,(H,21,23). The van der Waals surface area contributed by atoms with Gasteiger partial charge < -0.3 is 9.84 Å². The molecule has 0 bridgehead atoms. The van der Waals surface area contributed by atoms with E-state index in [2.05, 4.69) is 10.5 Å². The molecule has 122 valence electrons. The number of aryl methyl sites for hydroxylation is 1. The van der Waals surface area contributed by atoms with Gasteiger partial charge in [0.25, 0.3) is 5.91 Å². The fraction of sp³-hybridized carbons (Fsp3) is 0.200. The second-order valence-electron chi connectivity index (χ2n) is 6.15. The zero-order valence-corrected chi connectivity index (χ0v) is 14.0. The van der Waals surface area contributed by atoms with Crippen molar-refractivity contribution in [3.63, 3.8) is 0 Å². The molecule has 0 saturated carbocycles. The number of nitrogens with zero attached hydrogens (tertiary/aromatic N) is 1. The van der Waals surface area contributed by atoms with E-state index in [4.69, 9.17) is 4.52 Å². The highest BCUT2D eigenvalue weighted by molar-refractivity contribution is 5.95. The quantitative estimate of drug-likeness (QED) is 0.772. The van der Waals surface area contributed by atoms with E-state index in [-0.39, 0.29) is 11.9 Å². The number of hydrogen-bond donors (Lipinski definition) is 1. The number of aromatic nitrogens is 1. The Hall–Kier alpha value is -2.88. The molecule has 2 aromatic carbocycles. The number of carbonyl (C=O) groups is 1. The van der Waals surface area contributed by atoms with E-state index in [9.17, 15) is 4.79 Å². The number of hydrogen-bond acceptors (Lipinski definition) is 3. The minimum atomic E-state index is -0.0888. The summed E-state index contributed by atoms with van der Waals surface area (Å²) in [6.45, 7) is 5.92. The van der Waals surface area contributed by atoms with Crippen molar-refractivity contribution in [3.8, 4) is 22.6 Å². The predicted molar refractivity (Wildman–Crippen MR) is 94.7 cm³/mol. The third-order valence-corrected chi connectivity index (χ3v) is 3.69. The van der Waals surface area contributed by atoms with Crippen LogP contribution in [0.1, 0.15) is 29.8 Å². The number of carbonyl (C=O) groups excluding carboxylic acids is 1. The maximum absolute atomic E-state index is 12.1. The topological polar surface area (TPSA) is 55.1 Å². The highest BCUT2D eigenvalue weighted by Gasteiger charge is 2.12. The van der Waals surface area contributed by atoms with Gasteiger partial charge in [0.05, 0.1) is 0 Å². The molecule has 3 rings (SSSR count). The van der Waals surface area contributed by atoms with E-state index in [0.29, 0.717) is 17.0 Å². The molecule has 1 aromatic heterocycles. The highest BCUT2D eigenvalue weighted by Crippen LogP contribution is 2.26. The molecule has 1 amide bonds. The number of rotatable bonds is 4. The van der Waals surface area contributed by atoms with Gasteiger partial charge >= 0.3 is 0 Å². The third kappa shape index (κ3) is 3.54. The molecule has 3 aromatic rings. The van der Waals surface area contributed by atoms with Gasteiger partial charge in [0, 0.05) is 28.8 Å². The number of benzene rings is 2. The molecule has 0 aliphatic rings. The van der Waals surface area contributed by atoms with Crippen molar-refractivity contribution in [2.45, 2.75) is 26.8 Å². The lowest BCUT2D eigenvalue weighted by Crippen LogP contribution is -2.30. The molecule has 0 radical (unpaired) electrons. The third-order valence-electron chi connectivity index (χ3n) is 3.69. The maximum atomic E-state index is 12.1. The van der Waals surface area contributed by atoms with Gasteiger partial charge in [-0.3, -0.25) is 4.79 Å². The van der Waals surface area contributed by atoms with Crippen LogP contribution in [0.15, 0.2) is 59.1 Å². The first kappa shape index (κ1) is 16.0. The van der Waals surface area contributed by atoms with Crippen LogP contribution < -0.4 is 5.32 Å². The zero-order chi connectivity index (χ0) is 17.1. The molecule has 1 heterocycles. The lowest BCUT2D eigenvalue weighted by molar-refractivity contribution is 0.0943. The molecular formula is C20H20N2O2. The van der Waals surface area contributed by atoms with Gasteiger partial charge in [0.15, 0.2) is 5.76 Å². The highest BCUT2D eigenvalue weighted by atomic mass is 16.5. The van der Waals surface area contributed by atoms with Crippen LogP contribution in [0.25, 0.3) is 22.6 Å². The Morgan fingerprint density at radius 3 is 2.50 bits per heavy atom. The second-order valence-corrected chi connectivity index (χ2v) is 6.15. The average molecular weight is 320 g/mol. The van der Waals surface area contributed by atoms with E-state index in [0.717, 1.165) is 11.1 Å². The van der Waals surface area contributed by atoms with Gasteiger partial charge in [-0.25, -0.2) is 0 Å². The number of nitrogens with one attached hydrogen (secondary N) is 1. The van der Waals surface area contributed by atoms with Gasteiger partial charge in [-0.2, -0.15) is 0 Å². The SMILES string of the molecule is Cc1ccc(-c2cc(-c3cccc(C(=O)NC(C)C)c3)no2)cc1. The summed E-state index contributed by atoms with van der Waals surface area (Å²) in [4.78, 5) is 12.1. The summed E-state index contributed by atoms with van der Waals surface area (Å²) in [5.41, 5.74) is 4.36. The molecule has 4 heteroatoms. The van der Waals surface area contributed by atoms with Crippen LogP contribution in [-0.2, 0) is 0 Å². The summed E-state index contributed by atoms with van der Waals surface area (Å²) >= 11 is 0. The van der Waals surface area contributed by atoms with Crippen LogP contribution in [0.2, 0.25) is 0 Å². The van der Waals surface area contributed by atoms with Crippen LogP contribution in [-0.4, -0.2) is 17.1 Å². The molecule has 0 unspecified atom stereocenters. The molecule has 1 N–H and O–H groups in total. The van der Waals surface area contributed by atoms with Crippen LogP contribution in [0, 0.1) is 6.92 Å². The Kier molecular flexibility index (Phi) is 4.47.